The molecular weight excluding hydrogens is 414 g/mol. The van der Waals surface area contributed by atoms with Crippen LogP contribution < -0.4 is 4.74 Å². The molecule has 3 aromatic rings. The second-order valence-electron chi connectivity index (χ2n) is 9.72. The standard InChI is InChI=1S/C30H36F2O/c1-3-4-5-6-8-17-30(18-9-7-10-19-30)24-13-15-26-22(20-24)11-14-25(29(26)32)23-12-16-28(33-2)27(31)21-23/h11-16,20-21H,3-10,17-19H2,1-2H3. The highest BCUT2D eigenvalue weighted by Crippen LogP contribution is 2.44. The molecule has 1 saturated carbocycles. The van der Waals surface area contributed by atoms with Gasteiger partial charge in [-0.15, -0.1) is 0 Å². The first-order valence-corrected chi connectivity index (χ1v) is 12.6. The van der Waals surface area contributed by atoms with E-state index >= 15 is 4.39 Å². The quantitative estimate of drug-likeness (QED) is 0.295. The number of rotatable bonds is 9. The van der Waals surface area contributed by atoms with Crippen molar-refractivity contribution >= 4 is 10.8 Å². The molecule has 0 aromatic heterocycles. The van der Waals surface area contributed by atoms with Crippen molar-refractivity contribution < 1.29 is 13.5 Å². The first-order valence-electron chi connectivity index (χ1n) is 12.6. The van der Waals surface area contributed by atoms with Crippen LogP contribution in [0.15, 0.2) is 48.5 Å². The molecule has 0 aliphatic heterocycles. The monoisotopic (exact) mass is 450 g/mol. The Kier molecular flexibility index (Phi) is 7.67. The Morgan fingerprint density at radius 3 is 2.36 bits per heavy atom. The van der Waals surface area contributed by atoms with Crippen molar-refractivity contribution in [3.8, 4) is 16.9 Å². The molecule has 1 aliphatic carbocycles. The number of hydrogen-bond donors (Lipinski definition) is 0. The average Bonchev–Trinajstić information content (AvgIpc) is 2.84. The fourth-order valence-corrected chi connectivity index (χ4v) is 5.66. The van der Waals surface area contributed by atoms with Gasteiger partial charge in [0.15, 0.2) is 11.6 Å². The van der Waals surface area contributed by atoms with Gasteiger partial charge in [-0.25, -0.2) is 8.78 Å². The highest BCUT2D eigenvalue weighted by atomic mass is 19.1. The third kappa shape index (κ3) is 5.08. The topological polar surface area (TPSA) is 9.23 Å². The molecule has 33 heavy (non-hydrogen) atoms. The third-order valence-electron chi connectivity index (χ3n) is 7.60. The SMILES string of the molecule is CCCCCCCC1(c2ccc3c(F)c(-c4ccc(OC)c(F)c4)ccc3c2)CCCCC1. The molecule has 1 nitrogen and oxygen atoms in total. The molecule has 1 fully saturated rings. The van der Waals surface area contributed by atoms with Gasteiger partial charge in [-0.3, -0.25) is 0 Å². The minimum absolute atomic E-state index is 0.164. The van der Waals surface area contributed by atoms with E-state index in [4.69, 9.17) is 4.74 Å². The Labute approximate surface area is 197 Å². The van der Waals surface area contributed by atoms with Gasteiger partial charge in [0.2, 0.25) is 0 Å². The molecule has 176 valence electrons. The highest BCUT2D eigenvalue weighted by Gasteiger charge is 2.33. The van der Waals surface area contributed by atoms with Crippen molar-refractivity contribution in [1.82, 2.24) is 0 Å². The molecule has 0 unspecified atom stereocenters. The van der Waals surface area contributed by atoms with Crippen molar-refractivity contribution in [2.45, 2.75) is 83.0 Å². The molecule has 0 amide bonds. The molecule has 1 aliphatic rings. The van der Waals surface area contributed by atoms with Gasteiger partial charge in [-0.2, -0.15) is 0 Å². The maximum atomic E-state index is 15.5. The van der Waals surface area contributed by atoms with Gasteiger partial charge in [0.1, 0.15) is 5.82 Å². The lowest BCUT2D eigenvalue weighted by Gasteiger charge is -2.38. The van der Waals surface area contributed by atoms with Gasteiger partial charge >= 0.3 is 0 Å². The molecule has 0 spiro atoms. The van der Waals surface area contributed by atoms with Gasteiger partial charge in [0.05, 0.1) is 7.11 Å². The summed E-state index contributed by atoms with van der Waals surface area (Å²) in [5, 5.41) is 1.53. The average molecular weight is 451 g/mol. The van der Waals surface area contributed by atoms with Crippen molar-refractivity contribution in [1.29, 1.82) is 0 Å². The lowest BCUT2D eigenvalue weighted by Crippen LogP contribution is -2.29. The Morgan fingerprint density at radius 1 is 0.848 bits per heavy atom. The second kappa shape index (κ2) is 10.7. The number of fused-ring (bicyclic) bond motifs is 1. The van der Waals surface area contributed by atoms with Crippen molar-refractivity contribution in [3.63, 3.8) is 0 Å². The summed E-state index contributed by atoms with van der Waals surface area (Å²) >= 11 is 0. The summed E-state index contributed by atoms with van der Waals surface area (Å²) in [7, 11) is 1.43. The first-order chi connectivity index (χ1) is 16.1. The number of unbranched alkanes of at least 4 members (excludes halogenated alkanes) is 4. The van der Waals surface area contributed by atoms with Crippen LogP contribution in [0.1, 0.15) is 83.1 Å². The Morgan fingerprint density at radius 2 is 1.64 bits per heavy atom. The van der Waals surface area contributed by atoms with Crippen molar-refractivity contribution in [3.05, 3.63) is 65.7 Å². The summed E-state index contributed by atoms with van der Waals surface area (Å²) in [6.07, 6.45) is 14.1. The van der Waals surface area contributed by atoms with Gasteiger partial charge in [0.25, 0.3) is 0 Å². The number of halogens is 2. The predicted molar refractivity (Wildman–Crippen MR) is 134 cm³/mol. The van der Waals surface area contributed by atoms with Crippen LogP contribution in [0.2, 0.25) is 0 Å². The van der Waals surface area contributed by atoms with E-state index in [0.717, 1.165) is 5.39 Å². The van der Waals surface area contributed by atoms with Crippen LogP contribution in [-0.4, -0.2) is 7.11 Å². The van der Waals surface area contributed by atoms with Crippen molar-refractivity contribution in [2.75, 3.05) is 7.11 Å². The van der Waals surface area contributed by atoms with Crippen molar-refractivity contribution in [2.24, 2.45) is 0 Å². The van der Waals surface area contributed by atoms with Gasteiger partial charge < -0.3 is 4.74 Å². The van der Waals surface area contributed by atoms with Gasteiger partial charge in [0, 0.05) is 10.9 Å². The zero-order valence-electron chi connectivity index (χ0n) is 20.1. The van der Waals surface area contributed by atoms with E-state index in [1.165, 1.54) is 89.4 Å². The molecular formula is C30H36F2O. The van der Waals surface area contributed by atoms with Crippen LogP contribution in [0.25, 0.3) is 21.9 Å². The number of ether oxygens (including phenoxy) is 1. The van der Waals surface area contributed by atoms with E-state index in [0.29, 0.717) is 16.5 Å². The van der Waals surface area contributed by atoms with Crippen LogP contribution in [-0.2, 0) is 5.41 Å². The van der Waals surface area contributed by atoms with E-state index in [1.54, 1.807) is 18.2 Å². The first kappa shape index (κ1) is 23.7. The minimum Gasteiger partial charge on any atom is -0.494 e. The summed E-state index contributed by atoms with van der Waals surface area (Å²) in [5.74, 6) is -0.610. The molecule has 0 heterocycles. The Hall–Kier alpha value is -2.42. The van der Waals surface area contributed by atoms with E-state index in [-0.39, 0.29) is 17.0 Å². The third-order valence-corrected chi connectivity index (χ3v) is 7.60. The summed E-state index contributed by atoms with van der Waals surface area (Å²) in [6, 6.07) is 14.7. The predicted octanol–water partition coefficient (Wildman–Crippen LogP) is 9.36. The normalized spacial score (nSPS) is 15.6. The number of hydrogen-bond acceptors (Lipinski definition) is 1. The van der Waals surface area contributed by atoms with E-state index < -0.39 is 5.82 Å². The largest absolute Gasteiger partial charge is 0.494 e. The Balaban J connectivity index is 1.64. The molecule has 0 atom stereocenters. The molecule has 0 saturated heterocycles. The number of methoxy groups -OCH3 is 1. The highest BCUT2D eigenvalue weighted by molar-refractivity contribution is 5.89. The zero-order chi connectivity index (χ0) is 23.3. The molecule has 3 aromatic carbocycles. The molecule has 0 bridgehead atoms. The fourth-order valence-electron chi connectivity index (χ4n) is 5.66. The summed E-state index contributed by atoms with van der Waals surface area (Å²) in [5.41, 5.74) is 2.54. The van der Waals surface area contributed by atoms with E-state index in [1.807, 2.05) is 12.1 Å². The van der Waals surface area contributed by atoms with E-state index in [2.05, 4.69) is 19.1 Å². The van der Waals surface area contributed by atoms with E-state index in [9.17, 15) is 4.39 Å². The van der Waals surface area contributed by atoms with Gasteiger partial charge in [-0.05, 0) is 53.3 Å². The smallest absolute Gasteiger partial charge is 0.165 e. The number of benzene rings is 3. The molecule has 0 radical (unpaired) electrons. The second-order valence-corrected chi connectivity index (χ2v) is 9.72. The zero-order valence-corrected chi connectivity index (χ0v) is 20.1. The maximum Gasteiger partial charge on any atom is 0.165 e. The molecule has 0 N–H and O–H groups in total. The fraction of sp³-hybridized carbons (Fsp3) is 0.467. The Bertz CT molecular complexity index is 1080. The van der Waals surface area contributed by atoms with Gasteiger partial charge in [-0.1, -0.05) is 94.7 Å². The summed E-state index contributed by atoms with van der Waals surface area (Å²) < 4.78 is 34.7. The molecule has 3 heteroatoms. The summed E-state index contributed by atoms with van der Waals surface area (Å²) in [4.78, 5) is 0. The summed E-state index contributed by atoms with van der Waals surface area (Å²) in [6.45, 7) is 2.26. The van der Waals surface area contributed by atoms with Crippen LogP contribution in [0.5, 0.6) is 5.75 Å². The maximum absolute atomic E-state index is 15.5. The molecule has 4 rings (SSSR count). The van der Waals surface area contributed by atoms with Crippen LogP contribution in [0.3, 0.4) is 0 Å². The minimum atomic E-state index is -0.483. The lowest BCUT2D eigenvalue weighted by atomic mass is 9.66. The van der Waals surface area contributed by atoms with Crippen LogP contribution in [0, 0.1) is 11.6 Å². The van der Waals surface area contributed by atoms with Crippen LogP contribution >= 0.6 is 0 Å². The van der Waals surface area contributed by atoms with Crippen LogP contribution in [0.4, 0.5) is 8.78 Å². The lowest BCUT2D eigenvalue weighted by molar-refractivity contribution is 0.265.